The van der Waals surface area contributed by atoms with E-state index in [1.165, 1.54) is 0 Å². The molecule has 0 aliphatic rings. The average Bonchev–Trinajstić information content (AvgIpc) is 3.04. The smallest absolute Gasteiger partial charge is 0.181 e. The summed E-state index contributed by atoms with van der Waals surface area (Å²) in [4.78, 5) is 8.54. The molecule has 0 aliphatic heterocycles. The lowest BCUT2D eigenvalue weighted by atomic mass is 10.1. The Labute approximate surface area is 101 Å². The van der Waals surface area contributed by atoms with Gasteiger partial charge in [0.25, 0.3) is 0 Å². The minimum atomic E-state index is 0.706. The molecule has 0 amide bonds. The van der Waals surface area contributed by atoms with Crippen LogP contribution in [0.3, 0.4) is 0 Å². The Bertz CT molecular complexity index is 844. The lowest BCUT2D eigenvalue weighted by molar-refractivity contribution is 1.10. The predicted molar refractivity (Wildman–Crippen MR) is 66.8 cm³/mol. The van der Waals surface area contributed by atoms with Crippen LogP contribution in [0.2, 0.25) is 0 Å². The van der Waals surface area contributed by atoms with Crippen LogP contribution in [0.15, 0.2) is 36.8 Å². The van der Waals surface area contributed by atoms with E-state index in [-0.39, 0.29) is 0 Å². The highest BCUT2D eigenvalue weighted by Gasteiger charge is 2.09. The van der Waals surface area contributed by atoms with E-state index in [1.54, 1.807) is 18.6 Å². The van der Waals surface area contributed by atoms with Gasteiger partial charge in [-0.05, 0) is 18.2 Å². The first kappa shape index (κ1) is 9.29. The molecule has 0 bridgehead atoms. The van der Waals surface area contributed by atoms with Crippen LogP contribution in [0, 0.1) is 0 Å². The van der Waals surface area contributed by atoms with Crippen LogP contribution in [0.4, 0.5) is 0 Å². The van der Waals surface area contributed by atoms with Gasteiger partial charge in [0.1, 0.15) is 5.52 Å². The molecule has 0 radical (unpaired) electrons. The summed E-state index contributed by atoms with van der Waals surface area (Å²) >= 11 is 0. The van der Waals surface area contributed by atoms with Gasteiger partial charge in [-0.15, -0.1) is 0 Å². The van der Waals surface area contributed by atoms with Crippen LogP contribution in [0.1, 0.15) is 0 Å². The number of pyridine rings is 2. The molecule has 4 aromatic rings. The van der Waals surface area contributed by atoms with Crippen molar-refractivity contribution in [2.45, 2.75) is 0 Å². The molecule has 0 aliphatic carbocycles. The molecular weight excluding hydrogens is 228 g/mol. The van der Waals surface area contributed by atoms with Crippen molar-refractivity contribution in [2.75, 3.05) is 0 Å². The van der Waals surface area contributed by atoms with E-state index < -0.39 is 0 Å². The highest BCUT2D eigenvalue weighted by molar-refractivity contribution is 5.92. The van der Waals surface area contributed by atoms with Crippen molar-refractivity contribution in [3.63, 3.8) is 0 Å². The highest BCUT2D eigenvalue weighted by atomic mass is 15.1. The number of aromatic nitrogens is 6. The number of hydrogen-bond acceptors (Lipinski definition) is 4. The van der Waals surface area contributed by atoms with Gasteiger partial charge in [0.05, 0.1) is 17.4 Å². The zero-order valence-electron chi connectivity index (χ0n) is 9.25. The van der Waals surface area contributed by atoms with Crippen LogP contribution in [-0.4, -0.2) is 30.4 Å². The summed E-state index contributed by atoms with van der Waals surface area (Å²) in [5, 5.41) is 15.0. The van der Waals surface area contributed by atoms with E-state index in [1.807, 2.05) is 18.2 Å². The Balaban J connectivity index is 2.00. The third kappa shape index (κ3) is 1.22. The minimum absolute atomic E-state index is 0.706. The van der Waals surface area contributed by atoms with Gasteiger partial charge in [-0.3, -0.25) is 15.2 Å². The maximum absolute atomic E-state index is 4.34. The molecule has 0 spiro atoms. The number of nitrogens with zero attached hydrogens (tertiary/aromatic N) is 4. The Hall–Kier alpha value is -2.76. The van der Waals surface area contributed by atoms with Crippen molar-refractivity contribution in [1.29, 1.82) is 0 Å². The van der Waals surface area contributed by atoms with Crippen LogP contribution in [-0.2, 0) is 0 Å². The summed E-state index contributed by atoms with van der Waals surface area (Å²) in [5.74, 6) is 0. The molecular formula is C12H8N6. The van der Waals surface area contributed by atoms with Gasteiger partial charge in [0.15, 0.2) is 5.65 Å². The third-order valence-electron chi connectivity index (χ3n) is 2.91. The van der Waals surface area contributed by atoms with E-state index in [0.29, 0.717) is 5.65 Å². The number of H-pyrrole nitrogens is 2. The van der Waals surface area contributed by atoms with Gasteiger partial charge < -0.3 is 0 Å². The van der Waals surface area contributed by atoms with Gasteiger partial charge in [-0.25, -0.2) is 4.98 Å². The maximum Gasteiger partial charge on any atom is 0.181 e. The van der Waals surface area contributed by atoms with E-state index in [9.17, 15) is 0 Å². The molecule has 0 atom stereocenters. The van der Waals surface area contributed by atoms with Crippen LogP contribution < -0.4 is 0 Å². The molecule has 0 saturated carbocycles. The normalized spacial score (nSPS) is 11.3. The summed E-state index contributed by atoms with van der Waals surface area (Å²) in [7, 11) is 0. The molecule has 6 heteroatoms. The van der Waals surface area contributed by atoms with Crippen molar-refractivity contribution < 1.29 is 0 Å². The Kier molecular flexibility index (Phi) is 1.74. The second kappa shape index (κ2) is 3.36. The average molecular weight is 236 g/mol. The van der Waals surface area contributed by atoms with Crippen LogP contribution >= 0.6 is 0 Å². The zero-order chi connectivity index (χ0) is 11.9. The SMILES string of the molecule is c1cnc2n[nH]c(-c3cnc4cn[nH]c4c3)c2c1. The number of aromatic amines is 2. The molecule has 86 valence electrons. The fourth-order valence-corrected chi connectivity index (χ4v) is 2.04. The molecule has 0 aromatic carbocycles. The molecule has 6 nitrogen and oxygen atoms in total. The molecule has 0 fully saturated rings. The second-order valence-corrected chi connectivity index (χ2v) is 4.00. The molecule has 0 saturated heterocycles. The first-order valence-electron chi connectivity index (χ1n) is 5.50. The van der Waals surface area contributed by atoms with Crippen molar-refractivity contribution in [3.8, 4) is 11.3 Å². The van der Waals surface area contributed by atoms with E-state index in [4.69, 9.17) is 0 Å². The zero-order valence-corrected chi connectivity index (χ0v) is 9.25. The maximum atomic E-state index is 4.34. The molecule has 4 heterocycles. The van der Waals surface area contributed by atoms with Gasteiger partial charge in [-0.2, -0.15) is 10.2 Å². The first-order chi connectivity index (χ1) is 8.92. The van der Waals surface area contributed by atoms with Crippen LogP contribution in [0.5, 0.6) is 0 Å². The fraction of sp³-hybridized carbons (Fsp3) is 0. The quantitative estimate of drug-likeness (QED) is 0.528. The lowest BCUT2D eigenvalue weighted by Gasteiger charge is -1.98. The van der Waals surface area contributed by atoms with Gasteiger partial charge in [0.2, 0.25) is 0 Å². The van der Waals surface area contributed by atoms with E-state index >= 15 is 0 Å². The number of hydrogen-bond donors (Lipinski definition) is 2. The fourth-order valence-electron chi connectivity index (χ4n) is 2.04. The second-order valence-electron chi connectivity index (χ2n) is 4.00. The number of fused-ring (bicyclic) bond motifs is 2. The first-order valence-corrected chi connectivity index (χ1v) is 5.50. The lowest BCUT2D eigenvalue weighted by Crippen LogP contribution is -1.82. The van der Waals surface area contributed by atoms with E-state index in [2.05, 4.69) is 30.4 Å². The number of rotatable bonds is 1. The van der Waals surface area contributed by atoms with Gasteiger partial charge >= 0.3 is 0 Å². The highest BCUT2D eigenvalue weighted by Crippen LogP contribution is 2.25. The standard InChI is InChI=1S/C12H8N6/c1-2-8-11(17-18-12(8)13-3-1)7-4-9-10(14-5-7)6-15-16-9/h1-6H,(H,15,16)(H,13,17,18). The molecule has 0 unspecified atom stereocenters. The molecule has 18 heavy (non-hydrogen) atoms. The Morgan fingerprint density at radius 2 is 2.06 bits per heavy atom. The molecule has 4 rings (SSSR count). The van der Waals surface area contributed by atoms with Gasteiger partial charge in [-0.1, -0.05) is 0 Å². The van der Waals surface area contributed by atoms with Crippen molar-refractivity contribution >= 4 is 22.1 Å². The Morgan fingerprint density at radius 3 is 3.06 bits per heavy atom. The third-order valence-corrected chi connectivity index (χ3v) is 2.91. The topological polar surface area (TPSA) is 83.1 Å². The summed E-state index contributed by atoms with van der Waals surface area (Å²) in [6.45, 7) is 0. The van der Waals surface area contributed by atoms with Crippen molar-refractivity contribution in [3.05, 3.63) is 36.8 Å². The van der Waals surface area contributed by atoms with Crippen molar-refractivity contribution in [2.24, 2.45) is 0 Å². The largest absolute Gasteiger partial charge is 0.276 e. The summed E-state index contributed by atoms with van der Waals surface area (Å²) in [6, 6.07) is 5.87. The molecule has 2 N–H and O–H groups in total. The predicted octanol–water partition coefficient (Wildman–Crippen LogP) is 1.90. The monoisotopic (exact) mass is 236 g/mol. The Morgan fingerprint density at radius 1 is 1.06 bits per heavy atom. The van der Waals surface area contributed by atoms with E-state index in [0.717, 1.165) is 27.7 Å². The summed E-state index contributed by atoms with van der Waals surface area (Å²) < 4.78 is 0. The number of nitrogens with one attached hydrogen (secondary N) is 2. The van der Waals surface area contributed by atoms with Gasteiger partial charge in [0, 0.05) is 23.3 Å². The summed E-state index contributed by atoms with van der Waals surface area (Å²) in [6.07, 6.45) is 5.23. The van der Waals surface area contributed by atoms with Crippen LogP contribution in [0.25, 0.3) is 33.3 Å². The molecule has 4 aromatic heterocycles. The van der Waals surface area contributed by atoms with Crippen molar-refractivity contribution in [1.82, 2.24) is 30.4 Å². The summed E-state index contributed by atoms with van der Waals surface area (Å²) in [5.41, 5.74) is 4.33. The minimum Gasteiger partial charge on any atom is -0.276 e.